The molecule has 5 nitrogen and oxygen atoms in total. The smallest absolute Gasteiger partial charge is 0.236 e. The number of fused-ring (bicyclic) bond motifs is 3. The Bertz CT molecular complexity index is 1060. The monoisotopic (exact) mass is 361 g/mol. The van der Waals surface area contributed by atoms with Gasteiger partial charge in [0.05, 0.1) is 16.6 Å². The third-order valence-corrected chi connectivity index (χ3v) is 4.65. The summed E-state index contributed by atoms with van der Waals surface area (Å²) in [6.45, 7) is 0. The van der Waals surface area contributed by atoms with Crippen LogP contribution in [0.15, 0.2) is 53.6 Å². The van der Waals surface area contributed by atoms with E-state index in [9.17, 15) is 13.2 Å². The number of alkyl halides is 3. The summed E-state index contributed by atoms with van der Waals surface area (Å²) in [4.78, 5) is 4.54. The van der Waals surface area contributed by atoms with E-state index >= 15 is 0 Å². The summed E-state index contributed by atoms with van der Waals surface area (Å²) >= 11 is 1.30. The SMILES string of the molecule is FC(F)(F)c1cccc(CSc2nc3ccccc3n3nnnc23)c1. The van der Waals surface area contributed by atoms with Gasteiger partial charge in [-0.15, -0.1) is 5.10 Å². The summed E-state index contributed by atoms with van der Waals surface area (Å²) in [6.07, 6.45) is -4.36. The van der Waals surface area contributed by atoms with Gasteiger partial charge in [0.25, 0.3) is 0 Å². The summed E-state index contributed by atoms with van der Waals surface area (Å²) < 4.78 is 40.0. The summed E-state index contributed by atoms with van der Waals surface area (Å²) in [5.41, 5.74) is 1.86. The average Bonchev–Trinajstić information content (AvgIpc) is 3.09. The highest BCUT2D eigenvalue weighted by Crippen LogP contribution is 2.32. The highest BCUT2D eigenvalue weighted by atomic mass is 32.2. The molecule has 2 heterocycles. The predicted octanol–water partition coefficient (Wildman–Crippen LogP) is 3.98. The van der Waals surface area contributed by atoms with Crippen molar-refractivity contribution in [3.05, 3.63) is 59.7 Å². The van der Waals surface area contributed by atoms with Crippen molar-refractivity contribution in [1.29, 1.82) is 0 Å². The molecule has 0 amide bonds. The fraction of sp³-hybridized carbons (Fsp3) is 0.125. The molecule has 0 saturated carbocycles. The Balaban J connectivity index is 1.68. The Kier molecular flexibility index (Phi) is 3.79. The van der Waals surface area contributed by atoms with Crippen molar-refractivity contribution in [2.24, 2.45) is 0 Å². The van der Waals surface area contributed by atoms with Crippen molar-refractivity contribution >= 4 is 28.4 Å². The number of nitrogens with zero attached hydrogens (tertiary/aromatic N) is 5. The molecule has 9 heteroatoms. The molecule has 126 valence electrons. The van der Waals surface area contributed by atoms with Crippen LogP contribution in [-0.2, 0) is 11.9 Å². The molecule has 0 saturated heterocycles. The van der Waals surface area contributed by atoms with Crippen LogP contribution in [0.25, 0.3) is 16.7 Å². The zero-order valence-electron chi connectivity index (χ0n) is 12.6. The first-order valence-corrected chi connectivity index (χ1v) is 8.27. The lowest BCUT2D eigenvalue weighted by molar-refractivity contribution is -0.137. The number of thioether (sulfide) groups is 1. The van der Waals surface area contributed by atoms with Gasteiger partial charge in [0.15, 0.2) is 0 Å². The van der Waals surface area contributed by atoms with Gasteiger partial charge in [0, 0.05) is 5.75 Å². The zero-order valence-corrected chi connectivity index (χ0v) is 13.4. The molecule has 0 aliphatic carbocycles. The molecule has 4 rings (SSSR count). The van der Waals surface area contributed by atoms with Crippen LogP contribution in [0.3, 0.4) is 0 Å². The van der Waals surface area contributed by atoms with E-state index in [0.29, 0.717) is 27.5 Å². The topological polar surface area (TPSA) is 56.0 Å². The van der Waals surface area contributed by atoms with Crippen molar-refractivity contribution in [3.63, 3.8) is 0 Å². The zero-order chi connectivity index (χ0) is 17.4. The second-order valence-corrected chi connectivity index (χ2v) is 6.27. The second-order valence-electron chi connectivity index (χ2n) is 5.31. The molecule has 0 fully saturated rings. The Labute approximate surface area is 143 Å². The maximum atomic E-state index is 12.8. The van der Waals surface area contributed by atoms with E-state index in [1.807, 2.05) is 24.3 Å². The van der Waals surface area contributed by atoms with E-state index in [1.165, 1.54) is 17.8 Å². The first-order chi connectivity index (χ1) is 12.0. The fourth-order valence-electron chi connectivity index (χ4n) is 2.47. The predicted molar refractivity (Wildman–Crippen MR) is 87.1 cm³/mol. The molecule has 0 aliphatic heterocycles. The van der Waals surface area contributed by atoms with Crippen LogP contribution >= 0.6 is 11.8 Å². The van der Waals surface area contributed by atoms with Gasteiger partial charge >= 0.3 is 6.18 Å². The molecule has 2 aromatic heterocycles. The standard InChI is InChI=1S/C16H10F3N5S/c17-16(18,19)11-5-3-4-10(8-11)9-25-15-14-21-22-23-24(14)13-7-2-1-6-12(13)20-15/h1-8H,9H2. The molecular weight excluding hydrogens is 351 g/mol. The van der Waals surface area contributed by atoms with E-state index in [0.717, 1.165) is 17.6 Å². The van der Waals surface area contributed by atoms with Gasteiger partial charge in [0.2, 0.25) is 5.65 Å². The highest BCUT2D eigenvalue weighted by molar-refractivity contribution is 7.98. The second kappa shape index (κ2) is 5.99. The van der Waals surface area contributed by atoms with E-state index in [-0.39, 0.29) is 0 Å². The molecule has 25 heavy (non-hydrogen) atoms. The van der Waals surface area contributed by atoms with Crippen LogP contribution in [0.4, 0.5) is 13.2 Å². The van der Waals surface area contributed by atoms with Crippen LogP contribution in [0, 0.1) is 0 Å². The lowest BCUT2D eigenvalue weighted by Gasteiger charge is -2.09. The lowest BCUT2D eigenvalue weighted by Crippen LogP contribution is -2.05. The first kappa shape index (κ1) is 15.8. The average molecular weight is 361 g/mol. The Morgan fingerprint density at radius 1 is 1.04 bits per heavy atom. The lowest BCUT2D eigenvalue weighted by atomic mass is 10.1. The molecule has 0 atom stereocenters. The van der Waals surface area contributed by atoms with Crippen molar-refractivity contribution < 1.29 is 13.2 Å². The number of hydrogen-bond donors (Lipinski definition) is 0. The van der Waals surface area contributed by atoms with Gasteiger partial charge in [-0.05, 0) is 34.2 Å². The van der Waals surface area contributed by atoms with E-state index in [2.05, 4.69) is 20.5 Å². The molecule has 0 bridgehead atoms. The largest absolute Gasteiger partial charge is 0.416 e. The molecule has 4 aromatic rings. The number of para-hydroxylation sites is 2. The Hall–Kier alpha value is -2.68. The summed E-state index contributed by atoms with van der Waals surface area (Å²) in [6, 6.07) is 12.7. The number of hydrogen-bond acceptors (Lipinski definition) is 5. The fourth-order valence-corrected chi connectivity index (χ4v) is 3.37. The molecule has 2 aromatic carbocycles. The van der Waals surface area contributed by atoms with Crippen LogP contribution < -0.4 is 0 Å². The molecular formula is C16H10F3N5S. The molecule has 0 N–H and O–H groups in total. The summed E-state index contributed by atoms with van der Waals surface area (Å²) in [5, 5.41) is 12.2. The van der Waals surface area contributed by atoms with Crippen molar-refractivity contribution in [2.75, 3.05) is 0 Å². The molecule has 0 radical (unpaired) electrons. The van der Waals surface area contributed by atoms with Gasteiger partial charge < -0.3 is 0 Å². The quantitative estimate of drug-likeness (QED) is 0.517. The number of aromatic nitrogens is 5. The van der Waals surface area contributed by atoms with Crippen LogP contribution in [-0.4, -0.2) is 25.0 Å². The normalized spacial score (nSPS) is 12.1. The van der Waals surface area contributed by atoms with Gasteiger partial charge in [-0.3, -0.25) is 0 Å². The minimum atomic E-state index is -4.36. The van der Waals surface area contributed by atoms with Gasteiger partial charge in [-0.25, -0.2) is 4.98 Å². The van der Waals surface area contributed by atoms with E-state index < -0.39 is 11.7 Å². The molecule has 0 aliphatic rings. The molecule has 0 spiro atoms. The van der Waals surface area contributed by atoms with Gasteiger partial charge in [0.1, 0.15) is 5.03 Å². The van der Waals surface area contributed by atoms with Gasteiger partial charge in [-0.1, -0.05) is 42.1 Å². The number of rotatable bonds is 3. The van der Waals surface area contributed by atoms with Crippen LogP contribution in [0.5, 0.6) is 0 Å². The minimum Gasteiger partial charge on any atom is -0.236 e. The van der Waals surface area contributed by atoms with E-state index in [1.54, 1.807) is 10.6 Å². The Morgan fingerprint density at radius 2 is 1.88 bits per heavy atom. The Morgan fingerprint density at radius 3 is 2.72 bits per heavy atom. The third-order valence-electron chi connectivity index (χ3n) is 3.62. The third kappa shape index (κ3) is 3.02. The number of halogens is 3. The van der Waals surface area contributed by atoms with Crippen LogP contribution in [0.2, 0.25) is 0 Å². The van der Waals surface area contributed by atoms with E-state index in [4.69, 9.17) is 0 Å². The first-order valence-electron chi connectivity index (χ1n) is 7.28. The summed E-state index contributed by atoms with van der Waals surface area (Å²) in [5.74, 6) is 0.331. The van der Waals surface area contributed by atoms with Crippen LogP contribution in [0.1, 0.15) is 11.1 Å². The molecule has 0 unspecified atom stereocenters. The van der Waals surface area contributed by atoms with Crippen molar-refractivity contribution in [2.45, 2.75) is 17.0 Å². The van der Waals surface area contributed by atoms with Crippen molar-refractivity contribution in [3.8, 4) is 0 Å². The van der Waals surface area contributed by atoms with Crippen molar-refractivity contribution in [1.82, 2.24) is 25.0 Å². The summed E-state index contributed by atoms with van der Waals surface area (Å²) in [7, 11) is 0. The number of benzene rings is 2. The maximum absolute atomic E-state index is 12.8. The van der Waals surface area contributed by atoms with Gasteiger partial charge in [-0.2, -0.15) is 17.7 Å². The minimum absolute atomic E-state index is 0.331. The highest BCUT2D eigenvalue weighted by Gasteiger charge is 2.30. The maximum Gasteiger partial charge on any atom is 0.416 e. The number of tetrazole rings is 1.